The molecule has 1 fully saturated rings. The minimum Gasteiger partial charge on any atom is -0.488 e. The van der Waals surface area contributed by atoms with E-state index in [1.807, 2.05) is 0 Å². The van der Waals surface area contributed by atoms with E-state index in [1.165, 1.54) is 12.8 Å². The summed E-state index contributed by atoms with van der Waals surface area (Å²) in [5, 5.41) is 0. The maximum absolute atomic E-state index is 11.1. The minimum atomic E-state index is -0.461. The molecule has 0 aromatic heterocycles. The molecule has 0 aliphatic heterocycles. The summed E-state index contributed by atoms with van der Waals surface area (Å²) in [4.78, 5) is 11.1. The summed E-state index contributed by atoms with van der Waals surface area (Å²) in [6.07, 6.45) is 4.72. The largest absolute Gasteiger partial charge is 0.488 e. The molecule has 98 valence electrons. The first-order chi connectivity index (χ1) is 8.56. The summed E-state index contributed by atoms with van der Waals surface area (Å²) in [5.74, 6) is 0.798. The van der Waals surface area contributed by atoms with Crippen molar-refractivity contribution < 1.29 is 9.53 Å². The van der Waals surface area contributed by atoms with E-state index in [1.54, 1.807) is 18.2 Å². The lowest BCUT2D eigenvalue weighted by atomic mass is 9.88. The standard InChI is InChI=1S/C14H20N2O2/c1-9-3-2-4-11(7-9)18-13-8-10(14(16)17)5-6-12(13)15/h5-6,8-9,11H,2-4,7,15H2,1H3,(H2,16,17). The normalized spacial score (nSPS) is 23.6. The number of carbonyl (C=O) groups excluding carboxylic acids is 1. The van der Waals surface area contributed by atoms with Crippen LogP contribution in [0.25, 0.3) is 0 Å². The molecule has 1 saturated carbocycles. The van der Waals surface area contributed by atoms with Gasteiger partial charge in [-0.2, -0.15) is 0 Å². The highest BCUT2D eigenvalue weighted by Crippen LogP contribution is 2.30. The number of hydrogen-bond donors (Lipinski definition) is 2. The number of ether oxygens (including phenoxy) is 1. The van der Waals surface area contributed by atoms with Gasteiger partial charge in [-0.15, -0.1) is 0 Å². The molecule has 1 aromatic carbocycles. The molecule has 0 saturated heterocycles. The molecule has 0 bridgehead atoms. The Labute approximate surface area is 107 Å². The molecule has 1 amide bonds. The predicted octanol–water partition coefficient (Wildman–Crippen LogP) is 2.33. The molecular formula is C14H20N2O2. The van der Waals surface area contributed by atoms with Crippen LogP contribution in [0.1, 0.15) is 43.0 Å². The van der Waals surface area contributed by atoms with E-state index >= 15 is 0 Å². The van der Waals surface area contributed by atoms with Crippen LogP contribution in [0.3, 0.4) is 0 Å². The summed E-state index contributed by atoms with van der Waals surface area (Å²) >= 11 is 0. The Morgan fingerprint density at radius 2 is 2.17 bits per heavy atom. The van der Waals surface area contributed by atoms with Crippen molar-refractivity contribution in [1.82, 2.24) is 0 Å². The molecule has 0 radical (unpaired) electrons. The fourth-order valence-electron chi connectivity index (χ4n) is 2.45. The van der Waals surface area contributed by atoms with Gasteiger partial charge in [0.2, 0.25) is 5.91 Å². The van der Waals surface area contributed by atoms with Gasteiger partial charge in [-0.05, 0) is 43.4 Å². The van der Waals surface area contributed by atoms with Crippen LogP contribution < -0.4 is 16.2 Å². The van der Waals surface area contributed by atoms with Crippen molar-refractivity contribution in [2.75, 3.05) is 5.73 Å². The van der Waals surface area contributed by atoms with Crippen molar-refractivity contribution in [1.29, 1.82) is 0 Å². The summed E-state index contributed by atoms with van der Waals surface area (Å²) < 4.78 is 5.91. The van der Waals surface area contributed by atoms with Crippen LogP contribution in [0.5, 0.6) is 5.75 Å². The van der Waals surface area contributed by atoms with Crippen molar-refractivity contribution in [3.8, 4) is 5.75 Å². The number of primary amides is 1. The SMILES string of the molecule is CC1CCCC(Oc2cc(C(N)=O)ccc2N)C1. The van der Waals surface area contributed by atoms with Crippen molar-refractivity contribution >= 4 is 11.6 Å². The molecule has 0 heterocycles. The molecule has 0 spiro atoms. The quantitative estimate of drug-likeness (QED) is 0.806. The van der Waals surface area contributed by atoms with E-state index < -0.39 is 5.91 Å². The molecule has 2 unspecified atom stereocenters. The topological polar surface area (TPSA) is 78.3 Å². The van der Waals surface area contributed by atoms with E-state index in [2.05, 4.69) is 6.92 Å². The van der Waals surface area contributed by atoms with Crippen LogP contribution in [0, 0.1) is 5.92 Å². The summed E-state index contributed by atoms with van der Waals surface area (Å²) in [6, 6.07) is 4.92. The maximum Gasteiger partial charge on any atom is 0.248 e. The smallest absolute Gasteiger partial charge is 0.248 e. The van der Waals surface area contributed by atoms with Gasteiger partial charge in [0.25, 0.3) is 0 Å². The average Bonchev–Trinajstić information content (AvgIpc) is 2.31. The number of carbonyl (C=O) groups is 1. The van der Waals surface area contributed by atoms with Gasteiger partial charge in [0.05, 0.1) is 11.8 Å². The second kappa shape index (κ2) is 5.29. The van der Waals surface area contributed by atoms with E-state index in [9.17, 15) is 4.79 Å². The number of nitrogens with two attached hydrogens (primary N) is 2. The Balaban J connectivity index is 2.12. The van der Waals surface area contributed by atoms with E-state index in [0.717, 1.165) is 12.8 Å². The highest BCUT2D eigenvalue weighted by atomic mass is 16.5. The van der Waals surface area contributed by atoms with Crippen LogP contribution in [0.15, 0.2) is 18.2 Å². The van der Waals surface area contributed by atoms with Crippen LogP contribution in [-0.4, -0.2) is 12.0 Å². The molecule has 1 aliphatic rings. The van der Waals surface area contributed by atoms with Crippen molar-refractivity contribution in [3.05, 3.63) is 23.8 Å². The van der Waals surface area contributed by atoms with Crippen LogP contribution in [0.4, 0.5) is 5.69 Å². The number of hydrogen-bond acceptors (Lipinski definition) is 3. The van der Waals surface area contributed by atoms with Crippen LogP contribution >= 0.6 is 0 Å². The average molecular weight is 248 g/mol. The Morgan fingerprint density at radius 3 is 2.83 bits per heavy atom. The fourth-order valence-corrected chi connectivity index (χ4v) is 2.45. The van der Waals surface area contributed by atoms with Crippen molar-refractivity contribution in [2.45, 2.75) is 38.7 Å². The zero-order chi connectivity index (χ0) is 13.1. The van der Waals surface area contributed by atoms with E-state index in [4.69, 9.17) is 16.2 Å². The molecule has 1 aliphatic carbocycles. The van der Waals surface area contributed by atoms with Gasteiger partial charge < -0.3 is 16.2 Å². The Kier molecular flexibility index (Phi) is 3.75. The number of nitrogen functional groups attached to an aromatic ring is 1. The maximum atomic E-state index is 11.1. The Bertz CT molecular complexity index is 445. The first-order valence-corrected chi connectivity index (χ1v) is 6.42. The molecule has 18 heavy (non-hydrogen) atoms. The Morgan fingerprint density at radius 1 is 1.39 bits per heavy atom. The van der Waals surface area contributed by atoms with Gasteiger partial charge in [-0.1, -0.05) is 13.3 Å². The predicted molar refractivity (Wildman–Crippen MR) is 71.4 cm³/mol. The minimum absolute atomic E-state index is 0.194. The highest BCUT2D eigenvalue weighted by Gasteiger charge is 2.21. The molecule has 4 heteroatoms. The summed E-state index contributed by atoms with van der Waals surface area (Å²) in [5.41, 5.74) is 12.1. The number of rotatable bonds is 3. The Hall–Kier alpha value is -1.71. The lowest BCUT2D eigenvalue weighted by molar-refractivity contribution is 0.0998. The van der Waals surface area contributed by atoms with Crippen molar-refractivity contribution in [2.24, 2.45) is 11.7 Å². The number of anilines is 1. The third kappa shape index (κ3) is 2.94. The van der Waals surface area contributed by atoms with Crippen molar-refractivity contribution in [3.63, 3.8) is 0 Å². The molecule has 1 aromatic rings. The van der Waals surface area contributed by atoms with Gasteiger partial charge in [0.1, 0.15) is 5.75 Å². The zero-order valence-electron chi connectivity index (χ0n) is 10.7. The lowest BCUT2D eigenvalue weighted by Gasteiger charge is -2.27. The molecule has 2 atom stereocenters. The molecule has 2 rings (SSSR count). The molecule has 4 N–H and O–H groups in total. The third-order valence-corrected chi connectivity index (χ3v) is 3.48. The first-order valence-electron chi connectivity index (χ1n) is 6.42. The van der Waals surface area contributed by atoms with Gasteiger partial charge in [-0.3, -0.25) is 4.79 Å². The summed E-state index contributed by atoms with van der Waals surface area (Å²) in [6.45, 7) is 2.23. The third-order valence-electron chi connectivity index (χ3n) is 3.48. The van der Waals surface area contributed by atoms with Gasteiger partial charge in [0, 0.05) is 5.56 Å². The summed E-state index contributed by atoms with van der Waals surface area (Å²) in [7, 11) is 0. The van der Waals surface area contributed by atoms with Gasteiger partial charge in [-0.25, -0.2) is 0 Å². The molecule has 4 nitrogen and oxygen atoms in total. The van der Waals surface area contributed by atoms with E-state index in [-0.39, 0.29) is 6.10 Å². The second-order valence-electron chi connectivity index (χ2n) is 5.13. The van der Waals surface area contributed by atoms with Gasteiger partial charge in [0.15, 0.2) is 0 Å². The van der Waals surface area contributed by atoms with Gasteiger partial charge >= 0.3 is 0 Å². The highest BCUT2D eigenvalue weighted by molar-refractivity contribution is 5.93. The number of benzene rings is 1. The monoisotopic (exact) mass is 248 g/mol. The first kappa shape index (κ1) is 12.7. The fraction of sp³-hybridized carbons (Fsp3) is 0.500. The zero-order valence-corrected chi connectivity index (χ0v) is 10.7. The second-order valence-corrected chi connectivity index (χ2v) is 5.13. The van der Waals surface area contributed by atoms with Crippen LogP contribution in [0.2, 0.25) is 0 Å². The number of amides is 1. The molecular weight excluding hydrogens is 228 g/mol. The van der Waals surface area contributed by atoms with E-state index in [0.29, 0.717) is 22.9 Å². The van der Waals surface area contributed by atoms with Crippen LogP contribution in [-0.2, 0) is 0 Å². The lowest BCUT2D eigenvalue weighted by Crippen LogP contribution is -2.24.